The van der Waals surface area contributed by atoms with E-state index in [1.807, 2.05) is 31.2 Å². The van der Waals surface area contributed by atoms with Gasteiger partial charge in [-0.3, -0.25) is 4.79 Å². The van der Waals surface area contributed by atoms with E-state index in [-0.39, 0.29) is 5.91 Å². The molecule has 5 heteroatoms. The number of carbonyl (C=O) groups excluding carboxylic acids is 1. The molecule has 0 bridgehead atoms. The summed E-state index contributed by atoms with van der Waals surface area (Å²) in [6.07, 6.45) is 4.83. The van der Waals surface area contributed by atoms with Gasteiger partial charge in [-0.05, 0) is 73.1 Å². The van der Waals surface area contributed by atoms with Crippen LogP contribution in [0.2, 0.25) is 0 Å². The van der Waals surface area contributed by atoms with E-state index >= 15 is 0 Å². The van der Waals surface area contributed by atoms with E-state index in [1.165, 1.54) is 24.0 Å². The Labute approximate surface area is 173 Å². The van der Waals surface area contributed by atoms with Crippen molar-refractivity contribution in [2.45, 2.75) is 51.7 Å². The topological polar surface area (TPSA) is 48.0 Å². The second kappa shape index (κ2) is 9.68. The number of likely N-dealkylation sites (N-methyl/N-ethyl adjacent to an activating group) is 1. The Morgan fingerprint density at radius 1 is 1.00 bits per heavy atom. The van der Waals surface area contributed by atoms with Crippen LogP contribution in [0.25, 0.3) is 0 Å². The minimum Gasteiger partial charge on any atom is -0.493 e. The fourth-order valence-corrected chi connectivity index (χ4v) is 3.83. The number of amides is 1. The van der Waals surface area contributed by atoms with Gasteiger partial charge in [0.15, 0.2) is 17.6 Å². The van der Waals surface area contributed by atoms with Crippen LogP contribution in [0.1, 0.15) is 42.9 Å². The Balaban J connectivity index is 1.67. The normalized spacial score (nSPS) is 13.9. The van der Waals surface area contributed by atoms with Gasteiger partial charge in [0.2, 0.25) is 0 Å². The number of rotatable bonds is 8. The van der Waals surface area contributed by atoms with E-state index in [9.17, 15) is 4.79 Å². The predicted octanol–water partition coefficient (Wildman–Crippen LogP) is 4.40. The number of benzene rings is 2. The number of carbonyl (C=O) groups is 1. The molecule has 1 aliphatic rings. The molecular weight excluding hydrogens is 366 g/mol. The largest absolute Gasteiger partial charge is 0.493 e. The number of fused-ring (bicyclic) bond motifs is 1. The van der Waals surface area contributed by atoms with Crippen molar-refractivity contribution in [3.05, 3.63) is 53.1 Å². The van der Waals surface area contributed by atoms with Gasteiger partial charge in [0.1, 0.15) is 5.75 Å². The molecule has 2 aromatic carbocycles. The maximum absolute atomic E-state index is 13.0. The molecule has 0 N–H and O–H groups in total. The molecule has 2 aromatic rings. The van der Waals surface area contributed by atoms with Crippen molar-refractivity contribution < 1.29 is 19.0 Å². The minimum atomic E-state index is -0.498. The van der Waals surface area contributed by atoms with Crippen LogP contribution in [-0.2, 0) is 24.2 Å². The number of aryl methyl sites for hydroxylation is 2. The zero-order chi connectivity index (χ0) is 20.8. The van der Waals surface area contributed by atoms with Gasteiger partial charge in [0.05, 0.1) is 14.2 Å². The highest BCUT2D eigenvalue weighted by molar-refractivity contribution is 5.81. The summed E-state index contributed by atoms with van der Waals surface area (Å²) < 4.78 is 16.7. The molecule has 1 atom stereocenters. The predicted molar refractivity (Wildman–Crippen MR) is 114 cm³/mol. The summed E-state index contributed by atoms with van der Waals surface area (Å²) in [5.74, 6) is 2.08. The number of ether oxygens (including phenoxy) is 3. The van der Waals surface area contributed by atoms with Gasteiger partial charge in [-0.1, -0.05) is 19.1 Å². The number of nitrogens with zero attached hydrogens (tertiary/aromatic N) is 1. The van der Waals surface area contributed by atoms with Crippen molar-refractivity contribution in [2.24, 2.45) is 0 Å². The molecule has 0 heterocycles. The highest BCUT2D eigenvalue weighted by Crippen LogP contribution is 2.29. The first-order chi connectivity index (χ1) is 14.0. The van der Waals surface area contributed by atoms with E-state index in [4.69, 9.17) is 14.2 Å². The SMILES string of the molecule is CCC(Oc1ccc2c(c1)CCCC2)C(=O)N(C)Cc1ccc(OC)c(OC)c1. The molecule has 0 aliphatic heterocycles. The van der Waals surface area contributed by atoms with Crippen LogP contribution in [0.3, 0.4) is 0 Å². The van der Waals surface area contributed by atoms with Gasteiger partial charge < -0.3 is 19.1 Å². The first-order valence-corrected chi connectivity index (χ1v) is 10.3. The lowest BCUT2D eigenvalue weighted by atomic mass is 9.92. The van der Waals surface area contributed by atoms with E-state index in [1.54, 1.807) is 26.2 Å². The van der Waals surface area contributed by atoms with E-state index in [0.29, 0.717) is 24.5 Å². The van der Waals surface area contributed by atoms with Crippen molar-refractivity contribution in [1.29, 1.82) is 0 Å². The first-order valence-electron chi connectivity index (χ1n) is 10.3. The third kappa shape index (κ3) is 5.03. The Kier molecular flexibility index (Phi) is 7.02. The van der Waals surface area contributed by atoms with Gasteiger partial charge in [-0.15, -0.1) is 0 Å². The van der Waals surface area contributed by atoms with Gasteiger partial charge in [0.25, 0.3) is 5.91 Å². The Hall–Kier alpha value is -2.69. The molecule has 3 rings (SSSR count). The van der Waals surface area contributed by atoms with Crippen molar-refractivity contribution in [3.8, 4) is 17.2 Å². The average Bonchev–Trinajstić information content (AvgIpc) is 2.76. The molecule has 0 saturated carbocycles. The molecule has 1 unspecified atom stereocenters. The van der Waals surface area contributed by atoms with Crippen LogP contribution >= 0.6 is 0 Å². The lowest BCUT2D eigenvalue weighted by molar-refractivity contribution is -0.138. The monoisotopic (exact) mass is 397 g/mol. The number of hydrogen-bond acceptors (Lipinski definition) is 4. The van der Waals surface area contributed by atoms with Crippen molar-refractivity contribution >= 4 is 5.91 Å². The molecular formula is C24H31NO4. The Morgan fingerprint density at radius 2 is 1.72 bits per heavy atom. The summed E-state index contributed by atoms with van der Waals surface area (Å²) in [7, 11) is 5.02. The molecule has 0 fully saturated rings. The maximum atomic E-state index is 13.0. The van der Waals surface area contributed by atoms with Gasteiger partial charge in [-0.2, -0.15) is 0 Å². The fourth-order valence-electron chi connectivity index (χ4n) is 3.83. The van der Waals surface area contributed by atoms with E-state index < -0.39 is 6.10 Å². The van der Waals surface area contributed by atoms with Crippen LogP contribution in [0.5, 0.6) is 17.2 Å². The highest BCUT2D eigenvalue weighted by Gasteiger charge is 2.23. The van der Waals surface area contributed by atoms with E-state index in [2.05, 4.69) is 12.1 Å². The third-order valence-electron chi connectivity index (χ3n) is 5.49. The molecule has 5 nitrogen and oxygen atoms in total. The zero-order valence-corrected chi connectivity index (χ0v) is 17.9. The van der Waals surface area contributed by atoms with Crippen LogP contribution in [-0.4, -0.2) is 38.2 Å². The molecule has 0 aromatic heterocycles. The van der Waals surface area contributed by atoms with Crippen molar-refractivity contribution in [3.63, 3.8) is 0 Å². The number of hydrogen-bond donors (Lipinski definition) is 0. The van der Waals surface area contributed by atoms with Crippen LogP contribution in [0, 0.1) is 0 Å². The molecule has 1 amide bonds. The highest BCUT2D eigenvalue weighted by atomic mass is 16.5. The molecule has 1 aliphatic carbocycles. The van der Waals surface area contributed by atoms with Crippen LogP contribution < -0.4 is 14.2 Å². The molecule has 0 radical (unpaired) electrons. The fraction of sp³-hybridized carbons (Fsp3) is 0.458. The van der Waals surface area contributed by atoms with E-state index in [0.717, 1.165) is 24.2 Å². The summed E-state index contributed by atoms with van der Waals surface area (Å²) in [5, 5.41) is 0. The summed E-state index contributed by atoms with van der Waals surface area (Å²) in [5.41, 5.74) is 3.74. The quantitative estimate of drug-likeness (QED) is 0.662. The van der Waals surface area contributed by atoms with Crippen molar-refractivity contribution in [1.82, 2.24) is 4.90 Å². The molecule has 29 heavy (non-hydrogen) atoms. The van der Waals surface area contributed by atoms with Gasteiger partial charge in [0, 0.05) is 13.6 Å². The lowest BCUT2D eigenvalue weighted by Gasteiger charge is -2.25. The molecule has 0 saturated heterocycles. The summed E-state index contributed by atoms with van der Waals surface area (Å²) in [6, 6.07) is 11.9. The average molecular weight is 398 g/mol. The summed E-state index contributed by atoms with van der Waals surface area (Å²) in [6.45, 7) is 2.45. The van der Waals surface area contributed by atoms with Crippen LogP contribution in [0.15, 0.2) is 36.4 Å². The summed E-state index contributed by atoms with van der Waals surface area (Å²) >= 11 is 0. The Bertz CT molecular complexity index is 849. The molecule has 156 valence electrons. The molecule has 0 spiro atoms. The minimum absolute atomic E-state index is 0.0278. The Morgan fingerprint density at radius 3 is 2.41 bits per heavy atom. The smallest absolute Gasteiger partial charge is 0.263 e. The van der Waals surface area contributed by atoms with Gasteiger partial charge >= 0.3 is 0 Å². The zero-order valence-electron chi connectivity index (χ0n) is 17.9. The number of methoxy groups -OCH3 is 2. The summed E-state index contributed by atoms with van der Waals surface area (Å²) in [4.78, 5) is 14.7. The van der Waals surface area contributed by atoms with Gasteiger partial charge in [-0.25, -0.2) is 0 Å². The maximum Gasteiger partial charge on any atom is 0.263 e. The van der Waals surface area contributed by atoms with Crippen molar-refractivity contribution in [2.75, 3.05) is 21.3 Å². The van der Waals surface area contributed by atoms with Crippen LogP contribution in [0.4, 0.5) is 0 Å². The lowest BCUT2D eigenvalue weighted by Crippen LogP contribution is -2.39. The standard InChI is InChI=1S/C24H31NO4/c1-5-21(29-20-12-11-18-8-6-7-9-19(18)15-20)24(26)25(2)16-17-10-13-22(27-3)23(14-17)28-4/h10-15,21H,5-9,16H2,1-4H3. The second-order valence-electron chi connectivity index (χ2n) is 7.54. The third-order valence-corrected chi connectivity index (χ3v) is 5.49. The first kappa shape index (κ1) is 21.0. The second-order valence-corrected chi connectivity index (χ2v) is 7.54.